The fourth-order valence-corrected chi connectivity index (χ4v) is 4.09. The number of sulfonamides is 1. The fraction of sp³-hybridized carbons (Fsp3) is 0.471. The molecule has 27 heavy (non-hydrogen) atoms. The summed E-state index contributed by atoms with van der Waals surface area (Å²) in [4.78, 5) is 35.0. The Kier molecular flexibility index (Phi) is 6.92. The number of esters is 1. The number of hydrogen-bond donors (Lipinski definition) is 2. The number of nitrogens with one attached hydrogen (secondary N) is 2. The van der Waals surface area contributed by atoms with Gasteiger partial charge in [0, 0.05) is 20.1 Å². The van der Waals surface area contributed by atoms with Crippen molar-refractivity contribution in [2.45, 2.75) is 37.2 Å². The van der Waals surface area contributed by atoms with Crippen molar-refractivity contribution in [3.05, 3.63) is 29.8 Å². The Morgan fingerprint density at radius 1 is 1.07 bits per heavy atom. The lowest BCUT2D eigenvalue weighted by Crippen LogP contribution is -2.43. The van der Waals surface area contributed by atoms with Crippen LogP contribution in [-0.2, 0) is 19.6 Å². The summed E-state index contributed by atoms with van der Waals surface area (Å²) in [7, 11) is -2.24. The smallest absolute Gasteiger partial charge is 0.338 e. The molecule has 2 N–H and O–H groups in total. The Bertz CT molecular complexity index is 800. The number of nitrogens with zero attached hydrogens (tertiary/aromatic N) is 1. The molecule has 0 aliphatic carbocycles. The van der Waals surface area contributed by atoms with Crippen molar-refractivity contribution in [2.75, 3.05) is 20.1 Å². The number of ether oxygens (including phenoxy) is 1. The minimum absolute atomic E-state index is 0.103. The van der Waals surface area contributed by atoms with Crippen molar-refractivity contribution in [3.8, 4) is 0 Å². The highest BCUT2D eigenvalue weighted by atomic mass is 32.2. The maximum Gasteiger partial charge on any atom is 0.338 e. The minimum atomic E-state index is -3.58. The highest BCUT2D eigenvalue weighted by Crippen LogP contribution is 2.21. The summed E-state index contributed by atoms with van der Waals surface area (Å²) in [5.74, 6) is -1.57. The predicted octanol–water partition coefficient (Wildman–Crippen LogP) is 0.862. The lowest BCUT2D eigenvalue weighted by Gasteiger charge is -2.25. The van der Waals surface area contributed by atoms with Crippen LogP contribution in [0.5, 0.6) is 0 Å². The van der Waals surface area contributed by atoms with E-state index in [0.29, 0.717) is 13.1 Å². The van der Waals surface area contributed by atoms with Crippen LogP contribution in [0.2, 0.25) is 0 Å². The molecule has 2 rings (SSSR count). The van der Waals surface area contributed by atoms with Crippen molar-refractivity contribution in [1.29, 1.82) is 0 Å². The largest absolute Gasteiger partial charge is 0.449 e. The summed E-state index contributed by atoms with van der Waals surface area (Å²) in [6.45, 7) is 2.31. The zero-order valence-corrected chi connectivity index (χ0v) is 16.0. The van der Waals surface area contributed by atoms with Gasteiger partial charge in [0.25, 0.3) is 5.91 Å². The first-order chi connectivity index (χ1) is 12.8. The van der Waals surface area contributed by atoms with Gasteiger partial charge in [-0.05, 0) is 44.0 Å². The third kappa shape index (κ3) is 5.27. The average molecular weight is 397 g/mol. The van der Waals surface area contributed by atoms with Crippen molar-refractivity contribution in [3.63, 3.8) is 0 Å². The highest BCUT2D eigenvalue weighted by Gasteiger charge is 2.26. The fourth-order valence-electron chi connectivity index (χ4n) is 2.58. The number of carbonyl (C=O) groups is 3. The summed E-state index contributed by atoms with van der Waals surface area (Å²) in [6.07, 6.45) is 1.49. The predicted molar refractivity (Wildman–Crippen MR) is 96.5 cm³/mol. The van der Waals surface area contributed by atoms with Gasteiger partial charge in [0.05, 0.1) is 10.5 Å². The second-order valence-electron chi connectivity index (χ2n) is 6.11. The molecule has 0 aromatic heterocycles. The van der Waals surface area contributed by atoms with Gasteiger partial charge in [-0.25, -0.2) is 18.0 Å². The van der Waals surface area contributed by atoms with E-state index in [-0.39, 0.29) is 10.5 Å². The number of rotatable bonds is 5. The zero-order valence-electron chi connectivity index (χ0n) is 15.2. The van der Waals surface area contributed by atoms with Crippen molar-refractivity contribution in [1.82, 2.24) is 14.9 Å². The molecule has 1 aliphatic rings. The van der Waals surface area contributed by atoms with Gasteiger partial charge in [0.1, 0.15) is 0 Å². The molecule has 1 aliphatic heterocycles. The third-order valence-corrected chi connectivity index (χ3v) is 6.07. The van der Waals surface area contributed by atoms with Crippen LogP contribution in [-0.4, -0.2) is 56.9 Å². The van der Waals surface area contributed by atoms with Gasteiger partial charge in [-0.2, -0.15) is 4.31 Å². The normalized spacial score (nSPS) is 16.2. The summed E-state index contributed by atoms with van der Waals surface area (Å²) in [5.41, 5.74) is 0.104. The van der Waals surface area contributed by atoms with Crippen molar-refractivity contribution in [2.24, 2.45) is 0 Å². The number of hydrogen-bond acceptors (Lipinski definition) is 6. The summed E-state index contributed by atoms with van der Waals surface area (Å²) < 4.78 is 31.6. The second-order valence-corrected chi connectivity index (χ2v) is 8.04. The zero-order chi connectivity index (χ0) is 20.0. The maximum absolute atomic E-state index is 12.6. The summed E-state index contributed by atoms with van der Waals surface area (Å²) >= 11 is 0. The molecule has 0 spiro atoms. The summed E-state index contributed by atoms with van der Waals surface area (Å²) in [5, 5.41) is 4.21. The Hall–Kier alpha value is -2.46. The first kappa shape index (κ1) is 20.8. The van der Waals surface area contributed by atoms with Gasteiger partial charge in [0.15, 0.2) is 6.10 Å². The monoisotopic (exact) mass is 397 g/mol. The number of benzene rings is 1. The first-order valence-electron chi connectivity index (χ1n) is 8.59. The van der Waals surface area contributed by atoms with E-state index < -0.39 is 34.0 Å². The van der Waals surface area contributed by atoms with E-state index in [1.807, 2.05) is 5.32 Å². The molecule has 3 amide bonds. The van der Waals surface area contributed by atoms with E-state index in [9.17, 15) is 22.8 Å². The van der Waals surface area contributed by atoms with Crippen LogP contribution >= 0.6 is 0 Å². The molecule has 1 aromatic rings. The van der Waals surface area contributed by atoms with Crippen LogP contribution in [0.15, 0.2) is 29.2 Å². The topological polar surface area (TPSA) is 122 Å². The van der Waals surface area contributed by atoms with Crippen LogP contribution in [0, 0.1) is 0 Å². The van der Waals surface area contributed by atoms with Crippen molar-refractivity contribution < 1.29 is 27.5 Å². The third-order valence-electron chi connectivity index (χ3n) is 4.16. The van der Waals surface area contributed by atoms with E-state index in [4.69, 9.17) is 4.74 Å². The Morgan fingerprint density at radius 3 is 2.22 bits per heavy atom. The SMILES string of the molecule is CNC(=O)NC(=O)[C@H](C)OC(=O)c1ccc(S(=O)(=O)N2CCCCC2)cc1. The summed E-state index contributed by atoms with van der Waals surface area (Å²) in [6, 6.07) is 4.65. The number of urea groups is 1. The molecule has 0 saturated carbocycles. The lowest BCUT2D eigenvalue weighted by molar-refractivity contribution is -0.127. The molecular weight excluding hydrogens is 374 g/mol. The molecule has 1 atom stereocenters. The quantitative estimate of drug-likeness (QED) is 0.711. The van der Waals surface area contributed by atoms with E-state index in [1.165, 1.54) is 42.5 Å². The van der Waals surface area contributed by atoms with Gasteiger partial charge in [0.2, 0.25) is 10.0 Å². The molecule has 0 radical (unpaired) electrons. The number of amides is 3. The Labute approximate surface area is 158 Å². The molecule has 1 saturated heterocycles. The van der Waals surface area contributed by atoms with Gasteiger partial charge in [-0.1, -0.05) is 6.42 Å². The highest BCUT2D eigenvalue weighted by molar-refractivity contribution is 7.89. The van der Waals surface area contributed by atoms with E-state index in [2.05, 4.69) is 5.32 Å². The molecule has 1 fully saturated rings. The van der Waals surface area contributed by atoms with E-state index >= 15 is 0 Å². The van der Waals surface area contributed by atoms with Crippen molar-refractivity contribution >= 4 is 27.9 Å². The van der Waals surface area contributed by atoms with E-state index in [1.54, 1.807) is 0 Å². The van der Waals surface area contributed by atoms with Crippen LogP contribution in [0.1, 0.15) is 36.5 Å². The molecule has 148 valence electrons. The molecule has 9 nitrogen and oxygen atoms in total. The number of imide groups is 1. The molecule has 10 heteroatoms. The maximum atomic E-state index is 12.6. The van der Waals surface area contributed by atoms with Crippen LogP contribution in [0.25, 0.3) is 0 Å². The van der Waals surface area contributed by atoms with Crippen LogP contribution in [0.4, 0.5) is 4.79 Å². The molecule has 1 heterocycles. The van der Waals surface area contributed by atoms with E-state index in [0.717, 1.165) is 19.3 Å². The van der Waals surface area contributed by atoms with Crippen LogP contribution in [0.3, 0.4) is 0 Å². The molecule has 0 bridgehead atoms. The lowest BCUT2D eigenvalue weighted by atomic mass is 10.2. The van der Waals surface area contributed by atoms with Gasteiger partial charge in [-0.15, -0.1) is 0 Å². The van der Waals surface area contributed by atoms with Gasteiger partial charge >= 0.3 is 12.0 Å². The minimum Gasteiger partial charge on any atom is -0.449 e. The first-order valence-corrected chi connectivity index (χ1v) is 10.0. The number of carbonyl (C=O) groups excluding carboxylic acids is 3. The molecular formula is C17H23N3O6S. The number of piperidine rings is 1. The van der Waals surface area contributed by atoms with Crippen LogP contribution < -0.4 is 10.6 Å². The van der Waals surface area contributed by atoms with Gasteiger partial charge in [-0.3, -0.25) is 10.1 Å². The standard InChI is InChI=1S/C17H23N3O6S/c1-12(15(21)19-17(23)18-2)26-16(22)13-6-8-14(9-7-13)27(24,25)20-10-4-3-5-11-20/h6-9,12H,3-5,10-11H2,1-2H3,(H2,18,19,21,23)/t12-/m0/s1. The average Bonchev–Trinajstić information content (AvgIpc) is 2.68. The Morgan fingerprint density at radius 2 is 1.67 bits per heavy atom. The second kappa shape index (κ2) is 8.96. The molecule has 0 unspecified atom stereocenters. The van der Waals surface area contributed by atoms with Gasteiger partial charge < -0.3 is 10.1 Å². The molecule has 1 aromatic carbocycles. The Balaban J connectivity index is 2.02.